The predicted octanol–water partition coefficient (Wildman–Crippen LogP) is 2.25. The van der Waals surface area contributed by atoms with E-state index in [1.54, 1.807) is 0 Å². The second-order valence-corrected chi connectivity index (χ2v) is 5.73. The molecule has 0 spiro atoms. The third-order valence-corrected chi connectivity index (χ3v) is 4.27. The van der Waals surface area contributed by atoms with Crippen LogP contribution in [0.3, 0.4) is 0 Å². The molecule has 2 N–H and O–H groups in total. The summed E-state index contributed by atoms with van der Waals surface area (Å²) in [6, 6.07) is 7.16. The molecule has 0 aliphatic carbocycles. The Kier molecular flexibility index (Phi) is 3.16. The van der Waals surface area contributed by atoms with Crippen molar-refractivity contribution in [3.63, 3.8) is 0 Å². The molecule has 0 aromatic heterocycles. The van der Waals surface area contributed by atoms with Crippen LogP contribution in [0.15, 0.2) is 18.2 Å². The maximum Gasteiger partial charge on any atom is 0.0390 e. The molecule has 3 rings (SSSR count). The lowest BCUT2D eigenvalue weighted by Gasteiger charge is -2.24. The Morgan fingerprint density at radius 2 is 1.89 bits per heavy atom. The van der Waals surface area contributed by atoms with Gasteiger partial charge in [-0.1, -0.05) is 0 Å². The number of aryl methyl sites for hydroxylation is 1. The third-order valence-electron chi connectivity index (χ3n) is 4.27. The van der Waals surface area contributed by atoms with Gasteiger partial charge in [0.05, 0.1) is 0 Å². The Morgan fingerprint density at radius 1 is 1.11 bits per heavy atom. The van der Waals surface area contributed by atoms with E-state index in [9.17, 15) is 0 Å². The molecule has 2 fully saturated rings. The van der Waals surface area contributed by atoms with Crippen molar-refractivity contribution in [2.75, 3.05) is 36.8 Å². The van der Waals surface area contributed by atoms with E-state index in [0.29, 0.717) is 0 Å². The van der Waals surface area contributed by atoms with Crippen LogP contribution >= 0.6 is 0 Å². The lowest BCUT2D eigenvalue weighted by molar-refractivity contribution is 0.260. The van der Waals surface area contributed by atoms with Gasteiger partial charge in [-0.25, -0.2) is 0 Å². The van der Waals surface area contributed by atoms with Crippen molar-refractivity contribution < 1.29 is 0 Å². The molecule has 18 heavy (non-hydrogen) atoms. The monoisotopic (exact) mass is 245 g/mol. The lowest BCUT2D eigenvalue weighted by atomic mass is 10.2. The normalized spacial score (nSPS) is 24.9. The van der Waals surface area contributed by atoms with Gasteiger partial charge in [0.25, 0.3) is 0 Å². The van der Waals surface area contributed by atoms with Crippen LogP contribution in [0.1, 0.15) is 24.8 Å². The molecule has 98 valence electrons. The van der Waals surface area contributed by atoms with E-state index in [1.165, 1.54) is 56.7 Å². The number of hydrogen-bond acceptors (Lipinski definition) is 3. The van der Waals surface area contributed by atoms with Crippen LogP contribution in [-0.2, 0) is 0 Å². The zero-order valence-corrected chi connectivity index (χ0v) is 11.2. The molecule has 2 heterocycles. The summed E-state index contributed by atoms with van der Waals surface area (Å²) in [5.74, 6) is 0. The first-order chi connectivity index (χ1) is 8.72. The second kappa shape index (κ2) is 4.81. The maximum absolute atomic E-state index is 5.95. The standard InChI is InChI=1S/C15H23N3/c1-12-8-13(16)10-15(9-12)18-7-4-14(11-18)17-5-2-3-6-17/h8-10,14H,2-7,11,16H2,1H3. The van der Waals surface area contributed by atoms with Crippen molar-refractivity contribution in [3.05, 3.63) is 23.8 Å². The summed E-state index contributed by atoms with van der Waals surface area (Å²) in [6.07, 6.45) is 4.07. The first kappa shape index (κ1) is 11.8. The molecular formula is C15H23N3. The summed E-state index contributed by atoms with van der Waals surface area (Å²) in [7, 11) is 0. The summed E-state index contributed by atoms with van der Waals surface area (Å²) in [5, 5.41) is 0. The zero-order valence-electron chi connectivity index (χ0n) is 11.2. The molecule has 0 radical (unpaired) electrons. The van der Waals surface area contributed by atoms with E-state index in [1.807, 2.05) is 6.07 Å². The minimum Gasteiger partial charge on any atom is -0.399 e. The number of anilines is 2. The maximum atomic E-state index is 5.95. The minimum atomic E-state index is 0.759. The van der Waals surface area contributed by atoms with Crippen LogP contribution in [-0.4, -0.2) is 37.1 Å². The lowest BCUT2D eigenvalue weighted by Crippen LogP contribution is -2.35. The molecule has 0 saturated carbocycles. The third kappa shape index (κ3) is 2.32. The van der Waals surface area contributed by atoms with Gasteiger partial charge < -0.3 is 10.6 Å². The SMILES string of the molecule is Cc1cc(N)cc(N2CCC(N3CCCC3)C2)c1. The van der Waals surface area contributed by atoms with E-state index in [4.69, 9.17) is 5.73 Å². The first-order valence-electron chi connectivity index (χ1n) is 7.08. The highest BCUT2D eigenvalue weighted by Crippen LogP contribution is 2.27. The van der Waals surface area contributed by atoms with Crippen molar-refractivity contribution in [2.24, 2.45) is 0 Å². The van der Waals surface area contributed by atoms with Gasteiger partial charge in [-0.15, -0.1) is 0 Å². The summed E-state index contributed by atoms with van der Waals surface area (Å²) in [4.78, 5) is 5.16. The van der Waals surface area contributed by atoms with Crippen LogP contribution in [0, 0.1) is 6.92 Å². The number of benzene rings is 1. The molecule has 1 atom stereocenters. The van der Waals surface area contributed by atoms with Gasteiger partial charge in [-0.3, -0.25) is 4.90 Å². The number of nitrogens with zero attached hydrogens (tertiary/aromatic N) is 2. The van der Waals surface area contributed by atoms with Gasteiger partial charge in [0.1, 0.15) is 0 Å². The van der Waals surface area contributed by atoms with E-state index in [2.05, 4.69) is 28.9 Å². The van der Waals surface area contributed by atoms with E-state index in [0.717, 1.165) is 11.7 Å². The molecule has 1 unspecified atom stereocenters. The number of nitrogens with two attached hydrogens (primary N) is 1. The molecular weight excluding hydrogens is 222 g/mol. The Morgan fingerprint density at radius 3 is 2.61 bits per heavy atom. The number of rotatable bonds is 2. The molecule has 2 saturated heterocycles. The quantitative estimate of drug-likeness (QED) is 0.811. The fourth-order valence-corrected chi connectivity index (χ4v) is 3.36. The van der Waals surface area contributed by atoms with Crippen LogP contribution in [0.2, 0.25) is 0 Å². The smallest absolute Gasteiger partial charge is 0.0390 e. The van der Waals surface area contributed by atoms with Crippen LogP contribution < -0.4 is 10.6 Å². The first-order valence-corrected chi connectivity index (χ1v) is 7.08. The number of hydrogen-bond donors (Lipinski definition) is 1. The van der Waals surface area contributed by atoms with E-state index < -0.39 is 0 Å². The largest absolute Gasteiger partial charge is 0.399 e. The van der Waals surface area contributed by atoms with Gasteiger partial charge in [0, 0.05) is 30.5 Å². The van der Waals surface area contributed by atoms with Gasteiger partial charge in [-0.05, 0) is 63.0 Å². The Bertz CT molecular complexity index is 403. The van der Waals surface area contributed by atoms with Crippen molar-refractivity contribution in [3.8, 4) is 0 Å². The van der Waals surface area contributed by atoms with Crippen molar-refractivity contribution in [2.45, 2.75) is 32.2 Å². The fraction of sp³-hybridized carbons (Fsp3) is 0.600. The number of likely N-dealkylation sites (tertiary alicyclic amines) is 1. The summed E-state index contributed by atoms with van der Waals surface area (Å²) in [5.41, 5.74) is 9.39. The van der Waals surface area contributed by atoms with Crippen LogP contribution in [0.4, 0.5) is 11.4 Å². The average molecular weight is 245 g/mol. The molecule has 1 aromatic carbocycles. The van der Waals surface area contributed by atoms with Crippen molar-refractivity contribution >= 4 is 11.4 Å². The highest BCUT2D eigenvalue weighted by molar-refractivity contribution is 5.59. The summed E-state index contributed by atoms with van der Waals surface area (Å²) in [6.45, 7) is 7.06. The minimum absolute atomic E-state index is 0.759. The Hall–Kier alpha value is -1.22. The van der Waals surface area contributed by atoms with E-state index >= 15 is 0 Å². The topological polar surface area (TPSA) is 32.5 Å². The molecule has 3 nitrogen and oxygen atoms in total. The molecule has 1 aromatic rings. The van der Waals surface area contributed by atoms with Crippen LogP contribution in [0.5, 0.6) is 0 Å². The van der Waals surface area contributed by atoms with E-state index in [-0.39, 0.29) is 0 Å². The summed E-state index contributed by atoms with van der Waals surface area (Å²) >= 11 is 0. The zero-order chi connectivity index (χ0) is 12.5. The second-order valence-electron chi connectivity index (χ2n) is 5.73. The predicted molar refractivity (Wildman–Crippen MR) is 77.0 cm³/mol. The molecule has 3 heteroatoms. The Labute approximate surface area is 110 Å². The van der Waals surface area contributed by atoms with Crippen molar-refractivity contribution in [1.82, 2.24) is 4.90 Å². The Balaban J connectivity index is 1.70. The average Bonchev–Trinajstić information content (AvgIpc) is 2.99. The van der Waals surface area contributed by atoms with Crippen LogP contribution in [0.25, 0.3) is 0 Å². The molecule has 2 aliphatic heterocycles. The van der Waals surface area contributed by atoms with Gasteiger partial charge >= 0.3 is 0 Å². The van der Waals surface area contributed by atoms with Crippen molar-refractivity contribution in [1.29, 1.82) is 0 Å². The fourth-order valence-electron chi connectivity index (χ4n) is 3.36. The molecule has 0 amide bonds. The van der Waals surface area contributed by atoms with Gasteiger partial charge in [-0.2, -0.15) is 0 Å². The molecule has 2 aliphatic rings. The summed E-state index contributed by atoms with van der Waals surface area (Å²) < 4.78 is 0. The molecule has 0 bridgehead atoms. The number of nitrogen functional groups attached to an aromatic ring is 1. The van der Waals surface area contributed by atoms with Gasteiger partial charge in [0.15, 0.2) is 0 Å². The van der Waals surface area contributed by atoms with Gasteiger partial charge in [0.2, 0.25) is 0 Å². The highest BCUT2D eigenvalue weighted by atomic mass is 15.3. The highest BCUT2D eigenvalue weighted by Gasteiger charge is 2.29.